The molecule has 5 heteroatoms. The van der Waals surface area contributed by atoms with E-state index in [4.69, 9.17) is 23.8 Å². The van der Waals surface area contributed by atoms with Gasteiger partial charge in [-0.2, -0.15) is 0 Å². The minimum atomic E-state index is 0.580. The zero-order valence-corrected chi connectivity index (χ0v) is 24.4. The molecule has 7 aromatic carbocycles. The van der Waals surface area contributed by atoms with Gasteiger partial charge in [0.05, 0.1) is 0 Å². The number of para-hydroxylation sites is 2. The molecular formula is C41H23N3O2. The molecule has 214 valence electrons. The van der Waals surface area contributed by atoms with E-state index < -0.39 is 0 Å². The van der Waals surface area contributed by atoms with E-state index in [9.17, 15) is 0 Å². The van der Waals surface area contributed by atoms with E-state index in [-0.39, 0.29) is 0 Å². The normalized spacial score (nSPS) is 11.9. The van der Waals surface area contributed by atoms with E-state index in [2.05, 4.69) is 60.7 Å². The lowest BCUT2D eigenvalue weighted by Crippen LogP contribution is -2.01. The number of rotatable bonds is 3. The molecule has 0 aliphatic carbocycles. The van der Waals surface area contributed by atoms with Gasteiger partial charge >= 0.3 is 0 Å². The molecule has 0 unspecified atom stereocenters. The summed E-state index contributed by atoms with van der Waals surface area (Å²) in [5.41, 5.74) is 6.04. The summed E-state index contributed by atoms with van der Waals surface area (Å²) in [5.74, 6) is 1.76. The van der Waals surface area contributed by atoms with E-state index in [1.165, 1.54) is 0 Å². The fraction of sp³-hybridized carbons (Fsp3) is 0. The lowest BCUT2D eigenvalue weighted by Gasteiger charge is -2.12. The first kappa shape index (κ1) is 25.0. The van der Waals surface area contributed by atoms with Crippen molar-refractivity contribution >= 4 is 65.4 Å². The van der Waals surface area contributed by atoms with Gasteiger partial charge in [-0.1, -0.05) is 115 Å². The second kappa shape index (κ2) is 9.58. The van der Waals surface area contributed by atoms with Crippen LogP contribution in [0.3, 0.4) is 0 Å². The lowest BCUT2D eigenvalue weighted by atomic mass is 9.99. The largest absolute Gasteiger partial charge is 0.455 e. The maximum atomic E-state index is 6.51. The number of nitrogens with zero attached hydrogens (tertiary/aromatic N) is 3. The highest BCUT2D eigenvalue weighted by Gasteiger charge is 2.20. The molecule has 0 saturated carbocycles. The van der Waals surface area contributed by atoms with E-state index >= 15 is 0 Å². The van der Waals surface area contributed by atoms with Gasteiger partial charge in [0.1, 0.15) is 22.3 Å². The average Bonchev–Trinajstić information content (AvgIpc) is 3.70. The first-order chi connectivity index (χ1) is 22.8. The molecule has 0 radical (unpaired) electrons. The number of benzene rings is 7. The van der Waals surface area contributed by atoms with Crippen LogP contribution < -0.4 is 0 Å². The van der Waals surface area contributed by atoms with Crippen LogP contribution in [0.25, 0.3) is 99.6 Å². The Balaban J connectivity index is 1.30. The van der Waals surface area contributed by atoms with Gasteiger partial charge in [0, 0.05) is 49.0 Å². The van der Waals surface area contributed by atoms with Crippen molar-refractivity contribution in [2.24, 2.45) is 0 Å². The third-order valence-electron chi connectivity index (χ3n) is 8.92. The number of hydrogen-bond acceptors (Lipinski definition) is 5. The van der Waals surface area contributed by atoms with Crippen LogP contribution in [0.15, 0.2) is 148 Å². The molecule has 0 N–H and O–H groups in total. The molecule has 10 rings (SSSR count). The molecule has 0 amide bonds. The smallest absolute Gasteiger partial charge is 0.164 e. The molecule has 0 saturated heterocycles. The summed E-state index contributed by atoms with van der Waals surface area (Å²) in [6.45, 7) is 0. The van der Waals surface area contributed by atoms with Crippen LogP contribution in [0.1, 0.15) is 0 Å². The number of fused-ring (bicyclic) bond motifs is 10. The van der Waals surface area contributed by atoms with Crippen LogP contribution in [0.5, 0.6) is 0 Å². The second-order valence-electron chi connectivity index (χ2n) is 11.6. The van der Waals surface area contributed by atoms with E-state index in [1.807, 2.05) is 78.9 Å². The molecule has 0 atom stereocenters. The SMILES string of the molecule is c1ccc(-c2nc(-c3cccc4ccc5c6ccccc6oc5c34)nc(-c3cccc4ccc5c6ccccc6oc5c34)n2)cc1. The Hall–Kier alpha value is -6.33. The summed E-state index contributed by atoms with van der Waals surface area (Å²) in [4.78, 5) is 15.4. The topological polar surface area (TPSA) is 65.0 Å². The van der Waals surface area contributed by atoms with Crippen LogP contribution in [-0.2, 0) is 0 Å². The van der Waals surface area contributed by atoms with Crippen molar-refractivity contribution in [2.75, 3.05) is 0 Å². The summed E-state index contributed by atoms with van der Waals surface area (Å²) in [7, 11) is 0. The molecule has 10 aromatic rings. The Morgan fingerprint density at radius 3 is 1.37 bits per heavy atom. The fourth-order valence-corrected chi connectivity index (χ4v) is 6.81. The zero-order valence-electron chi connectivity index (χ0n) is 24.4. The van der Waals surface area contributed by atoms with Crippen LogP contribution in [0.2, 0.25) is 0 Å². The number of furan rings is 2. The highest BCUT2D eigenvalue weighted by atomic mass is 16.3. The van der Waals surface area contributed by atoms with Gasteiger partial charge in [0.2, 0.25) is 0 Å². The maximum absolute atomic E-state index is 6.51. The summed E-state index contributed by atoms with van der Waals surface area (Å²) >= 11 is 0. The molecule has 0 bridgehead atoms. The monoisotopic (exact) mass is 589 g/mol. The molecule has 3 aromatic heterocycles. The Kier molecular flexibility index (Phi) is 5.22. The zero-order chi connectivity index (χ0) is 30.2. The van der Waals surface area contributed by atoms with Gasteiger partial charge in [-0.05, 0) is 35.0 Å². The van der Waals surface area contributed by atoms with Crippen molar-refractivity contribution in [3.05, 3.63) is 140 Å². The molecule has 0 fully saturated rings. The molecule has 0 aliphatic rings. The summed E-state index contributed by atoms with van der Waals surface area (Å²) < 4.78 is 13.0. The van der Waals surface area contributed by atoms with Gasteiger partial charge in [-0.15, -0.1) is 0 Å². The van der Waals surface area contributed by atoms with Crippen molar-refractivity contribution in [1.29, 1.82) is 0 Å². The molecule has 5 nitrogen and oxygen atoms in total. The Morgan fingerprint density at radius 2 is 0.826 bits per heavy atom. The molecule has 3 heterocycles. The quantitative estimate of drug-likeness (QED) is 0.205. The van der Waals surface area contributed by atoms with Crippen molar-refractivity contribution in [1.82, 2.24) is 15.0 Å². The second-order valence-corrected chi connectivity index (χ2v) is 11.6. The highest BCUT2D eigenvalue weighted by molar-refractivity contribution is 6.20. The van der Waals surface area contributed by atoms with Crippen molar-refractivity contribution in [3.63, 3.8) is 0 Å². The van der Waals surface area contributed by atoms with E-state index in [0.29, 0.717) is 17.5 Å². The van der Waals surface area contributed by atoms with Gasteiger partial charge in [0.15, 0.2) is 17.5 Å². The minimum absolute atomic E-state index is 0.580. The lowest BCUT2D eigenvalue weighted by molar-refractivity contribution is 0.672. The molecule has 0 aliphatic heterocycles. The molecule has 46 heavy (non-hydrogen) atoms. The highest BCUT2D eigenvalue weighted by Crippen LogP contribution is 2.41. The van der Waals surface area contributed by atoms with Crippen LogP contribution in [0, 0.1) is 0 Å². The van der Waals surface area contributed by atoms with Gasteiger partial charge in [-0.25, -0.2) is 15.0 Å². The molecular weight excluding hydrogens is 566 g/mol. The predicted molar refractivity (Wildman–Crippen MR) is 186 cm³/mol. The average molecular weight is 590 g/mol. The van der Waals surface area contributed by atoms with Gasteiger partial charge in [0.25, 0.3) is 0 Å². The fourth-order valence-electron chi connectivity index (χ4n) is 6.81. The predicted octanol–water partition coefficient (Wildman–Crippen LogP) is 11.0. The van der Waals surface area contributed by atoms with Crippen molar-refractivity contribution < 1.29 is 8.83 Å². The minimum Gasteiger partial charge on any atom is -0.455 e. The first-order valence-electron chi connectivity index (χ1n) is 15.3. The molecule has 0 spiro atoms. The first-order valence-corrected chi connectivity index (χ1v) is 15.3. The van der Waals surface area contributed by atoms with Crippen molar-refractivity contribution in [2.45, 2.75) is 0 Å². The number of aromatic nitrogens is 3. The standard InChI is InChI=1S/C41H23N3O2/c1-2-10-26(11-3-1)39-42-40(31-16-8-12-24-20-22-29-27-14-4-6-18-33(27)45-37(29)35(24)31)44-41(43-39)32-17-9-13-25-21-23-30-28-15-5-7-19-34(28)46-38(30)36(25)32/h1-23H. The van der Waals surface area contributed by atoms with Gasteiger partial charge in [-0.3, -0.25) is 0 Å². The van der Waals surface area contributed by atoms with Crippen LogP contribution in [0.4, 0.5) is 0 Å². The summed E-state index contributed by atoms with van der Waals surface area (Å²) in [6, 6.07) is 47.4. The van der Waals surface area contributed by atoms with Crippen molar-refractivity contribution in [3.8, 4) is 34.2 Å². The summed E-state index contributed by atoms with van der Waals surface area (Å²) in [5, 5.41) is 8.36. The maximum Gasteiger partial charge on any atom is 0.164 e. The van der Waals surface area contributed by atoms with Crippen LogP contribution >= 0.6 is 0 Å². The Bertz CT molecular complexity index is 2640. The third-order valence-corrected chi connectivity index (χ3v) is 8.92. The Morgan fingerprint density at radius 1 is 0.348 bits per heavy atom. The number of hydrogen-bond donors (Lipinski definition) is 0. The van der Waals surface area contributed by atoms with E-state index in [0.717, 1.165) is 82.1 Å². The van der Waals surface area contributed by atoms with Crippen LogP contribution in [-0.4, -0.2) is 15.0 Å². The summed E-state index contributed by atoms with van der Waals surface area (Å²) in [6.07, 6.45) is 0. The van der Waals surface area contributed by atoms with Gasteiger partial charge < -0.3 is 8.83 Å². The third kappa shape index (κ3) is 3.66. The Labute approximate surface area is 262 Å². The van der Waals surface area contributed by atoms with E-state index in [1.54, 1.807) is 0 Å².